The smallest absolute Gasteiger partial charge is 0.191 e. The molecular formula is C24H38N6O. The summed E-state index contributed by atoms with van der Waals surface area (Å²) in [6.07, 6.45) is 4.82. The molecule has 1 aliphatic heterocycles. The second kappa shape index (κ2) is 11.7. The standard InChI is InChI=1S/C24H38N6O/c1-19-17-20(2)30(28-19)16-10-13-26-24(25-3)27-18-22(29-14-8-5-9-15-29)21-11-6-7-12-23(21)31-4/h6-7,11-12,17,22H,5,8-10,13-16,18H2,1-4H3,(H2,25,26,27). The highest BCUT2D eigenvalue weighted by Gasteiger charge is 2.25. The molecule has 1 saturated heterocycles. The summed E-state index contributed by atoms with van der Waals surface area (Å²) in [5.41, 5.74) is 3.52. The maximum Gasteiger partial charge on any atom is 0.191 e. The second-order valence-corrected chi connectivity index (χ2v) is 8.24. The molecule has 1 fully saturated rings. The highest BCUT2D eigenvalue weighted by atomic mass is 16.5. The van der Waals surface area contributed by atoms with Gasteiger partial charge in [0.2, 0.25) is 0 Å². The van der Waals surface area contributed by atoms with E-state index in [0.717, 1.165) is 56.5 Å². The zero-order valence-corrected chi connectivity index (χ0v) is 19.5. The zero-order chi connectivity index (χ0) is 22.1. The first kappa shape index (κ1) is 23.1. The van der Waals surface area contributed by atoms with E-state index in [-0.39, 0.29) is 6.04 Å². The monoisotopic (exact) mass is 426 g/mol. The minimum Gasteiger partial charge on any atom is -0.496 e. The Morgan fingerprint density at radius 1 is 1.16 bits per heavy atom. The average molecular weight is 427 g/mol. The molecule has 2 aromatic rings. The number of methoxy groups -OCH3 is 1. The van der Waals surface area contributed by atoms with Gasteiger partial charge in [-0.2, -0.15) is 5.10 Å². The van der Waals surface area contributed by atoms with Crippen molar-refractivity contribution in [2.45, 2.75) is 52.1 Å². The van der Waals surface area contributed by atoms with Gasteiger partial charge in [-0.1, -0.05) is 24.6 Å². The van der Waals surface area contributed by atoms with Crippen LogP contribution in [0.3, 0.4) is 0 Å². The lowest BCUT2D eigenvalue weighted by Gasteiger charge is -2.35. The van der Waals surface area contributed by atoms with Gasteiger partial charge in [-0.25, -0.2) is 0 Å². The number of hydrogen-bond acceptors (Lipinski definition) is 4. The predicted molar refractivity (Wildman–Crippen MR) is 127 cm³/mol. The number of aliphatic imine (C=N–C) groups is 1. The summed E-state index contributed by atoms with van der Waals surface area (Å²) in [6, 6.07) is 10.7. The van der Waals surface area contributed by atoms with Crippen LogP contribution in [0.4, 0.5) is 0 Å². The maximum absolute atomic E-state index is 5.67. The van der Waals surface area contributed by atoms with E-state index >= 15 is 0 Å². The topological polar surface area (TPSA) is 66.7 Å². The molecule has 170 valence electrons. The van der Waals surface area contributed by atoms with Crippen molar-refractivity contribution in [1.82, 2.24) is 25.3 Å². The van der Waals surface area contributed by atoms with Gasteiger partial charge in [0.1, 0.15) is 5.75 Å². The van der Waals surface area contributed by atoms with Gasteiger partial charge < -0.3 is 15.4 Å². The van der Waals surface area contributed by atoms with Crippen molar-refractivity contribution in [2.24, 2.45) is 4.99 Å². The van der Waals surface area contributed by atoms with Crippen LogP contribution in [0.15, 0.2) is 35.3 Å². The number of nitrogens with one attached hydrogen (secondary N) is 2. The summed E-state index contributed by atoms with van der Waals surface area (Å²) in [7, 11) is 3.58. The van der Waals surface area contributed by atoms with Crippen LogP contribution in [0.25, 0.3) is 0 Å². The van der Waals surface area contributed by atoms with Crippen LogP contribution in [0.5, 0.6) is 5.75 Å². The summed E-state index contributed by atoms with van der Waals surface area (Å²) < 4.78 is 7.75. The van der Waals surface area contributed by atoms with E-state index in [1.165, 1.54) is 30.5 Å². The molecule has 1 atom stereocenters. The quantitative estimate of drug-likeness (QED) is 0.366. The van der Waals surface area contributed by atoms with E-state index in [1.807, 2.05) is 20.0 Å². The molecule has 2 N–H and O–H groups in total. The fourth-order valence-electron chi connectivity index (χ4n) is 4.36. The number of hydrogen-bond donors (Lipinski definition) is 2. The van der Waals surface area contributed by atoms with Gasteiger partial charge >= 0.3 is 0 Å². The van der Waals surface area contributed by atoms with Gasteiger partial charge in [0, 0.05) is 37.9 Å². The first-order chi connectivity index (χ1) is 15.1. The minimum absolute atomic E-state index is 0.254. The van der Waals surface area contributed by atoms with Crippen molar-refractivity contribution < 1.29 is 4.74 Å². The first-order valence-electron chi connectivity index (χ1n) is 11.4. The van der Waals surface area contributed by atoms with Crippen molar-refractivity contribution in [1.29, 1.82) is 0 Å². The fraction of sp³-hybridized carbons (Fsp3) is 0.583. The Bertz CT molecular complexity index is 840. The van der Waals surface area contributed by atoms with Gasteiger partial charge in [-0.05, 0) is 58.3 Å². The molecule has 1 aromatic carbocycles. The lowest BCUT2D eigenvalue weighted by Crippen LogP contribution is -2.44. The minimum atomic E-state index is 0.254. The highest BCUT2D eigenvalue weighted by molar-refractivity contribution is 5.79. The van der Waals surface area contributed by atoms with E-state index in [9.17, 15) is 0 Å². The van der Waals surface area contributed by atoms with Crippen molar-refractivity contribution in [3.8, 4) is 5.75 Å². The Balaban J connectivity index is 1.56. The molecule has 1 aromatic heterocycles. The highest BCUT2D eigenvalue weighted by Crippen LogP contribution is 2.30. The van der Waals surface area contributed by atoms with Gasteiger partial charge in [0.15, 0.2) is 5.96 Å². The Morgan fingerprint density at radius 2 is 1.94 bits per heavy atom. The normalized spacial score (nSPS) is 16.2. The molecule has 0 aliphatic carbocycles. The lowest BCUT2D eigenvalue weighted by atomic mass is 10.0. The van der Waals surface area contributed by atoms with Crippen LogP contribution in [0.2, 0.25) is 0 Å². The number of guanidine groups is 1. The number of rotatable bonds is 9. The Kier molecular flexibility index (Phi) is 8.76. The molecular weight excluding hydrogens is 388 g/mol. The summed E-state index contributed by atoms with van der Waals surface area (Å²) in [5.74, 6) is 1.79. The third-order valence-electron chi connectivity index (χ3n) is 5.96. The number of aryl methyl sites for hydroxylation is 3. The number of benzene rings is 1. The average Bonchev–Trinajstić information content (AvgIpc) is 3.13. The number of ether oxygens (including phenoxy) is 1. The van der Waals surface area contributed by atoms with Gasteiger partial charge in [-0.3, -0.25) is 14.6 Å². The zero-order valence-electron chi connectivity index (χ0n) is 19.5. The molecule has 7 nitrogen and oxygen atoms in total. The van der Waals surface area contributed by atoms with Crippen molar-refractivity contribution >= 4 is 5.96 Å². The molecule has 1 aliphatic rings. The Hall–Kier alpha value is -2.54. The third-order valence-corrected chi connectivity index (χ3v) is 5.96. The largest absolute Gasteiger partial charge is 0.496 e. The van der Waals surface area contributed by atoms with Crippen molar-refractivity contribution in [2.75, 3.05) is 40.3 Å². The molecule has 31 heavy (non-hydrogen) atoms. The van der Waals surface area contributed by atoms with Crippen LogP contribution in [0.1, 0.15) is 48.7 Å². The fourth-order valence-corrected chi connectivity index (χ4v) is 4.36. The molecule has 1 unspecified atom stereocenters. The van der Waals surface area contributed by atoms with E-state index < -0.39 is 0 Å². The van der Waals surface area contributed by atoms with E-state index in [2.05, 4.69) is 61.5 Å². The molecule has 0 saturated carbocycles. The van der Waals surface area contributed by atoms with E-state index in [0.29, 0.717) is 0 Å². The van der Waals surface area contributed by atoms with Crippen LogP contribution < -0.4 is 15.4 Å². The third kappa shape index (κ3) is 6.47. The summed E-state index contributed by atoms with van der Waals surface area (Å²) >= 11 is 0. The lowest BCUT2D eigenvalue weighted by molar-refractivity contribution is 0.161. The Labute approximate surface area is 186 Å². The van der Waals surface area contributed by atoms with Crippen LogP contribution in [-0.2, 0) is 6.54 Å². The summed E-state index contributed by atoms with van der Waals surface area (Å²) in [4.78, 5) is 7.00. The van der Waals surface area contributed by atoms with Crippen LogP contribution >= 0.6 is 0 Å². The molecule has 0 bridgehead atoms. The van der Waals surface area contributed by atoms with Crippen molar-refractivity contribution in [3.63, 3.8) is 0 Å². The number of nitrogens with zero attached hydrogens (tertiary/aromatic N) is 4. The van der Waals surface area contributed by atoms with Crippen LogP contribution in [0, 0.1) is 13.8 Å². The maximum atomic E-state index is 5.67. The van der Waals surface area contributed by atoms with Crippen LogP contribution in [-0.4, -0.2) is 61.0 Å². The number of aromatic nitrogens is 2. The number of likely N-dealkylation sites (tertiary alicyclic amines) is 1. The molecule has 3 rings (SSSR count). The van der Waals surface area contributed by atoms with E-state index in [1.54, 1.807) is 7.11 Å². The Morgan fingerprint density at radius 3 is 2.61 bits per heavy atom. The summed E-state index contributed by atoms with van der Waals surface area (Å²) in [5, 5.41) is 11.5. The molecule has 0 amide bonds. The number of para-hydroxylation sites is 1. The summed E-state index contributed by atoms with van der Waals surface area (Å²) in [6.45, 7) is 8.93. The first-order valence-corrected chi connectivity index (χ1v) is 11.4. The molecule has 0 spiro atoms. The molecule has 0 radical (unpaired) electrons. The van der Waals surface area contributed by atoms with E-state index in [4.69, 9.17) is 4.74 Å². The molecule has 7 heteroatoms. The van der Waals surface area contributed by atoms with Gasteiger partial charge in [0.05, 0.1) is 18.8 Å². The van der Waals surface area contributed by atoms with Gasteiger partial charge in [0.25, 0.3) is 0 Å². The predicted octanol–water partition coefficient (Wildman–Crippen LogP) is 3.29. The van der Waals surface area contributed by atoms with Crippen molar-refractivity contribution in [3.05, 3.63) is 47.3 Å². The molecule has 2 heterocycles. The number of piperidine rings is 1. The SMILES string of the molecule is CN=C(NCCCn1nc(C)cc1C)NCC(c1ccccc1OC)N1CCCCC1. The van der Waals surface area contributed by atoms with Gasteiger partial charge in [-0.15, -0.1) is 0 Å². The second-order valence-electron chi connectivity index (χ2n) is 8.24.